The molecule has 0 saturated carbocycles. The van der Waals surface area contributed by atoms with Gasteiger partial charge in [-0.05, 0) is 6.07 Å². The molecule has 1 rings (SSSR count). The van der Waals surface area contributed by atoms with Crippen LogP contribution in [-0.2, 0) is 11.3 Å². The first-order valence-electron chi connectivity index (χ1n) is 4.65. The van der Waals surface area contributed by atoms with E-state index in [-0.39, 0.29) is 18.1 Å². The van der Waals surface area contributed by atoms with Gasteiger partial charge in [0.1, 0.15) is 0 Å². The van der Waals surface area contributed by atoms with Gasteiger partial charge in [0, 0.05) is 31.9 Å². The third kappa shape index (κ3) is 3.45. The van der Waals surface area contributed by atoms with Gasteiger partial charge < -0.3 is 14.6 Å². The minimum absolute atomic E-state index is 0.0716. The summed E-state index contributed by atoms with van der Waals surface area (Å²) in [6.07, 6.45) is 2.07. The van der Waals surface area contributed by atoms with Crippen LogP contribution in [0.15, 0.2) is 12.3 Å². The van der Waals surface area contributed by atoms with Gasteiger partial charge in [0.05, 0.1) is 13.2 Å². The summed E-state index contributed by atoms with van der Waals surface area (Å²) in [5.41, 5.74) is 0.187. The van der Waals surface area contributed by atoms with Crippen molar-refractivity contribution in [1.29, 1.82) is 0 Å². The zero-order valence-electron chi connectivity index (χ0n) is 8.57. The molecule has 0 aliphatic rings. The van der Waals surface area contributed by atoms with Gasteiger partial charge in [-0.1, -0.05) is 0 Å². The van der Waals surface area contributed by atoms with E-state index in [0.717, 1.165) is 0 Å². The summed E-state index contributed by atoms with van der Waals surface area (Å²) < 4.78 is 23.3. The van der Waals surface area contributed by atoms with Crippen molar-refractivity contribution < 1.29 is 19.0 Å². The fourth-order valence-corrected chi connectivity index (χ4v) is 1.06. The fourth-order valence-electron chi connectivity index (χ4n) is 1.06. The Morgan fingerprint density at radius 2 is 2.27 bits per heavy atom. The molecule has 0 aliphatic carbocycles. The molecular weight excluding hydrogens is 201 g/mol. The van der Waals surface area contributed by atoms with Crippen molar-refractivity contribution in [3.05, 3.63) is 23.6 Å². The van der Waals surface area contributed by atoms with Gasteiger partial charge in [-0.15, -0.1) is 0 Å². The molecule has 0 bridgehead atoms. The quantitative estimate of drug-likeness (QED) is 0.723. The summed E-state index contributed by atoms with van der Waals surface area (Å²) >= 11 is 0. The molecule has 0 saturated heterocycles. The Labute approximate surface area is 87.7 Å². The molecule has 0 aromatic carbocycles. The summed E-state index contributed by atoms with van der Waals surface area (Å²) in [4.78, 5) is 3.74. The van der Waals surface area contributed by atoms with Crippen molar-refractivity contribution in [3.63, 3.8) is 0 Å². The van der Waals surface area contributed by atoms with Crippen LogP contribution in [0.3, 0.4) is 0 Å². The molecule has 0 radical (unpaired) electrons. The smallest absolute Gasteiger partial charge is 0.250 e. The van der Waals surface area contributed by atoms with Crippen LogP contribution >= 0.6 is 0 Å². The molecule has 1 heterocycles. The van der Waals surface area contributed by atoms with Crippen LogP contribution in [0.2, 0.25) is 0 Å². The highest BCUT2D eigenvalue weighted by Crippen LogP contribution is 2.17. The van der Waals surface area contributed by atoms with Crippen LogP contribution in [0.1, 0.15) is 12.0 Å². The van der Waals surface area contributed by atoms with Crippen molar-refractivity contribution in [3.8, 4) is 5.88 Å². The molecule has 1 aromatic rings. The van der Waals surface area contributed by atoms with Crippen LogP contribution in [0.25, 0.3) is 0 Å². The Morgan fingerprint density at radius 3 is 2.93 bits per heavy atom. The Hall–Kier alpha value is -1.20. The van der Waals surface area contributed by atoms with Gasteiger partial charge in [-0.3, -0.25) is 0 Å². The number of rotatable bonds is 6. The lowest BCUT2D eigenvalue weighted by Crippen LogP contribution is -2.05. The number of ether oxygens (including phenoxy) is 2. The van der Waals surface area contributed by atoms with E-state index in [1.807, 2.05) is 0 Å². The maximum absolute atomic E-state index is 13.4. The number of pyridine rings is 1. The Bertz CT molecular complexity index is 307. The highest BCUT2D eigenvalue weighted by atomic mass is 19.1. The number of methoxy groups -OCH3 is 1. The average molecular weight is 215 g/mol. The second-order valence-corrected chi connectivity index (χ2v) is 2.94. The van der Waals surface area contributed by atoms with Crippen LogP contribution in [0.5, 0.6) is 5.88 Å². The van der Waals surface area contributed by atoms with Gasteiger partial charge in [0.25, 0.3) is 5.88 Å². The summed E-state index contributed by atoms with van der Waals surface area (Å²) in [5, 5.41) is 8.81. The second kappa shape index (κ2) is 6.31. The second-order valence-electron chi connectivity index (χ2n) is 2.94. The van der Waals surface area contributed by atoms with E-state index in [0.29, 0.717) is 19.6 Å². The normalized spacial score (nSPS) is 10.3. The number of aliphatic hydroxyl groups excluding tert-OH is 1. The Morgan fingerprint density at radius 1 is 1.47 bits per heavy atom. The van der Waals surface area contributed by atoms with Crippen LogP contribution in [0, 0.1) is 5.82 Å². The predicted octanol–water partition coefficient (Wildman–Crippen LogP) is 1.13. The summed E-state index contributed by atoms with van der Waals surface area (Å²) in [5.74, 6) is -0.671. The van der Waals surface area contributed by atoms with Crippen LogP contribution in [-0.4, -0.2) is 30.4 Å². The lowest BCUT2D eigenvalue weighted by Gasteiger charge is -2.07. The Balaban J connectivity index is 2.53. The zero-order chi connectivity index (χ0) is 11.1. The first-order valence-corrected chi connectivity index (χ1v) is 4.65. The van der Waals surface area contributed by atoms with Crippen LogP contribution < -0.4 is 4.74 Å². The van der Waals surface area contributed by atoms with Gasteiger partial charge in [0.15, 0.2) is 5.82 Å². The number of hydrogen-bond acceptors (Lipinski definition) is 4. The standard InChI is InChI=1S/C10H14FNO3/c1-14-5-2-6-15-10-9(11)8(7-13)3-4-12-10/h3-4,13H,2,5-7H2,1H3. The van der Waals surface area contributed by atoms with Crippen molar-refractivity contribution >= 4 is 0 Å². The topological polar surface area (TPSA) is 51.6 Å². The molecule has 1 N–H and O–H groups in total. The predicted molar refractivity (Wildman–Crippen MR) is 52.1 cm³/mol. The molecule has 84 valence electrons. The largest absolute Gasteiger partial charge is 0.475 e. The van der Waals surface area contributed by atoms with E-state index < -0.39 is 5.82 Å². The molecular formula is C10H14FNO3. The van der Waals surface area contributed by atoms with Crippen molar-refractivity contribution in [2.45, 2.75) is 13.0 Å². The van der Waals surface area contributed by atoms with E-state index in [1.165, 1.54) is 12.3 Å². The third-order valence-corrected chi connectivity index (χ3v) is 1.84. The van der Waals surface area contributed by atoms with Gasteiger partial charge in [0.2, 0.25) is 0 Å². The number of hydrogen-bond donors (Lipinski definition) is 1. The molecule has 4 nitrogen and oxygen atoms in total. The fraction of sp³-hybridized carbons (Fsp3) is 0.500. The van der Waals surface area contributed by atoms with E-state index in [4.69, 9.17) is 14.6 Å². The van der Waals surface area contributed by atoms with Crippen LogP contribution in [0.4, 0.5) is 4.39 Å². The number of nitrogens with zero attached hydrogens (tertiary/aromatic N) is 1. The maximum atomic E-state index is 13.4. The zero-order valence-corrected chi connectivity index (χ0v) is 8.57. The molecule has 0 unspecified atom stereocenters. The van der Waals surface area contributed by atoms with Gasteiger partial charge >= 0.3 is 0 Å². The van der Waals surface area contributed by atoms with E-state index in [9.17, 15) is 4.39 Å². The lowest BCUT2D eigenvalue weighted by atomic mass is 10.3. The molecule has 0 fully saturated rings. The van der Waals surface area contributed by atoms with Crippen molar-refractivity contribution in [1.82, 2.24) is 4.98 Å². The van der Waals surface area contributed by atoms with E-state index >= 15 is 0 Å². The molecule has 15 heavy (non-hydrogen) atoms. The third-order valence-electron chi connectivity index (χ3n) is 1.84. The maximum Gasteiger partial charge on any atom is 0.250 e. The first-order chi connectivity index (χ1) is 7.29. The number of aromatic nitrogens is 1. The molecule has 0 amide bonds. The minimum atomic E-state index is -0.600. The minimum Gasteiger partial charge on any atom is -0.475 e. The number of halogens is 1. The summed E-state index contributed by atoms with van der Waals surface area (Å²) in [6.45, 7) is 0.538. The highest BCUT2D eigenvalue weighted by molar-refractivity contribution is 5.22. The summed E-state index contributed by atoms with van der Waals surface area (Å²) in [6, 6.07) is 1.41. The summed E-state index contributed by atoms with van der Waals surface area (Å²) in [7, 11) is 1.59. The van der Waals surface area contributed by atoms with Gasteiger partial charge in [-0.2, -0.15) is 0 Å². The average Bonchev–Trinajstić information content (AvgIpc) is 2.26. The molecule has 0 atom stereocenters. The Kier molecular flexibility index (Phi) is 5.00. The molecule has 0 aliphatic heterocycles. The van der Waals surface area contributed by atoms with Crippen molar-refractivity contribution in [2.24, 2.45) is 0 Å². The molecule has 1 aromatic heterocycles. The van der Waals surface area contributed by atoms with Crippen molar-refractivity contribution in [2.75, 3.05) is 20.3 Å². The monoisotopic (exact) mass is 215 g/mol. The highest BCUT2D eigenvalue weighted by Gasteiger charge is 2.09. The number of aliphatic hydroxyl groups is 1. The van der Waals surface area contributed by atoms with Gasteiger partial charge in [-0.25, -0.2) is 9.37 Å². The molecule has 0 spiro atoms. The molecule has 5 heteroatoms. The lowest BCUT2D eigenvalue weighted by molar-refractivity contribution is 0.168. The van der Waals surface area contributed by atoms with E-state index in [1.54, 1.807) is 7.11 Å². The SMILES string of the molecule is COCCCOc1nccc(CO)c1F. The first kappa shape index (κ1) is 11.9. The van der Waals surface area contributed by atoms with E-state index in [2.05, 4.69) is 4.98 Å².